The van der Waals surface area contributed by atoms with Crippen LogP contribution in [0.2, 0.25) is 5.02 Å². The Morgan fingerprint density at radius 2 is 1.63 bits per heavy atom. The SMILES string of the molecule is CC(C)(CCCc1cccc(Oc2ccccc2)c1)c1ccc(F)c(Cl)c1. The quantitative estimate of drug-likeness (QED) is 0.409. The molecule has 0 N–H and O–H groups in total. The Labute approximate surface area is 165 Å². The topological polar surface area (TPSA) is 9.23 Å². The molecule has 0 saturated carbocycles. The zero-order valence-electron chi connectivity index (χ0n) is 15.7. The summed E-state index contributed by atoms with van der Waals surface area (Å²) in [5, 5.41) is 0.186. The largest absolute Gasteiger partial charge is 0.457 e. The first kappa shape index (κ1) is 19.4. The van der Waals surface area contributed by atoms with Crippen LogP contribution in [-0.4, -0.2) is 0 Å². The average Bonchev–Trinajstić information content (AvgIpc) is 2.65. The predicted molar refractivity (Wildman–Crippen MR) is 110 cm³/mol. The van der Waals surface area contributed by atoms with Crippen LogP contribution in [0.5, 0.6) is 11.5 Å². The molecule has 0 unspecified atom stereocenters. The van der Waals surface area contributed by atoms with Crippen LogP contribution in [0.25, 0.3) is 0 Å². The van der Waals surface area contributed by atoms with Crippen molar-refractivity contribution >= 4 is 11.6 Å². The summed E-state index contributed by atoms with van der Waals surface area (Å²) in [5.74, 6) is 1.32. The van der Waals surface area contributed by atoms with E-state index in [1.54, 1.807) is 6.07 Å². The van der Waals surface area contributed by atoms with Gasteiger partial charge in [-0.25, -0.2) is 4.39 Å². The Hall–Kier alpha value is -2.32. The van der Waals surface area contributed by atoms with Crippen molar-refractivity contribution in [1.29, 1.82) is 0 Å². The number of halogens is 2. The second kappa shape index (κ2) is 8.58. The van der Waals surface area contributed by atoms with Crippen LogP contribution in [0.3, 0.4) is 0 Å². The van der Waals surface area contributed by atoms with Crippen LogP contribution in [0.15, 0.2) is 72.8 Å². The van der Waals surface area contributed by atoms with Crippen LogP contribution < -0.4 is 4.74 Å². The molecule has 1 nitrogen and oxygen atoms in total. The minimum absolute atomic E-state index is 0.0600. The molecule has 3 aromatic carbocycles. The summed E-state index contributed by atoms with van der Waals surface area (Å²) >= 11 is 5.94. The van der Waals surface area contributed by atoms with Crippen molar-refractivity contribution in [3.05, 3.63) is 94.8 Å². The Morgan fingerprint density at radius 1 is 0.889 bits per heavy atom. The van der Waals surface area contributed by atoms with E-state index >= 15 is 0 Å². The summed E-state index contributed by atoms with van der Waals surface area (Å²) in [6, 6.07) is 23.0. The van der Waals surface area contributed by atoms with E-state index in [0.29, 0.717) is 0 Å². The number of hydrogen-bond donors (Lipinski definition) is 0. The van der Waals surface area contributed by atoms with Crippen molar-refractivity contribution in [2.75, 3.05) is 0 Å². The number of hydrogen-bond acceptors (Lipinski definition) is 1. The van der Waals surface area contributed by atoms with Crippen LogP contribution >= 0.6 is 11.6 Å². The van der Waals surface area contributed by atoms with Gasteiger partial charge in [0.1, 0.15) is 17.3 Å². The van der Waals surface area contributed by atoms with E-state index < -0.39 is 0 Å². The second-order valence-corrected chi connectivity index (χ2v) is 7.84. The summed E-state index contributed by atoms with van der Waals surface area (Å²) in [5.41, 5.74) is 2.25. The van der Waals surface area contributed by atoms with Crippen LogP contribution in [0.4, 0.5) is 4.39 Å². The summed E-state index contributed by atoms with van der Waals surface area (Å²) in [7, 11) is 0. The fourth-order valence-electron chi connectivity index (χ4n) is 3.18. The van der Waals surface area contributed by atoms with Gasteiger partial charge in [-0.3, -0.25) is 0 Å². The molecular weight excluding hydrogens is 359 g/mol. The Bertz CT molecular complexity index is 890. The van der Waals surface area contributed by atoms with Crippen molar-refractivity contribution in [2.24, 2.45) is 0 Å². The first-order valence-electron chi connectivity index (χ1n) is 9.21. The second-order valence-electron chi connectivity index (χ2n) is 7.43. The molecule has 3 aromatic rings. The molecule has 0 heterocycles. The average molecular weight is 383 g/mol. The first-order chi connectivity index (χ1) is 12.9. The van der Waals surface area contributed by atoms with Crippen molar-refractivity contribution in [3.8, 4) is 11.5 Å². The van der Waals surface area contributed by atoms with E-state index in [1.807, 2.05) is 48.5 Å². The van der Waals surface area contributed by atoms with Gasteiger partial charge in [0.15, 0.2) is 0 Å². The minimum Gasteiger partial charge on any atom is -0.457 e. The third-order valence-corrected chi connectivity index (χ3v) is 5.14. The van der Waals surface area contributed by atoms with Gasteiger partial charge in [0, 0.05) is 0 Å². The number of aryl methyl sites for hydroxylation is 1. The molecular formula is C24H24ClFO. The van der Waals surface area contributed by atoms with Gasteiger partial charge in [-0.15, -0.1) is 0 Å². The van der Waals surface area contributed by atoms with Gasteiger partial charge in [0.2, 0.25) is 0 Å². The third-order valence-electron chi connectivity index (χ3n) is 4.85. The van der Waals surface area contributed by atoms with E-state index in [0.717, 1.165) is 36.3 Å². The molecule has 3 rings (SSSR count). The normalized spacial score (nSPS) is 11.4. The van der Waals surface area contributed by atoms with E-state index in [2.05, 4.69) is 26.0 Å². The minimum atomic E-state index is -0.369. The van der Waals surface area contributed by atoms with Crippen molar-refractivity contribution in [1.82, 2.24) is 0 Å². The van der Waals surface area contributed by atoms with Crippen LogP contribution in [-0.2, 0) is 11.8 Å². The molecule has 0 bridgehead atoms. The van der Waals surface area contributed by atoms with Crippen molar-refractivity contribution < 1.29 is 9.13 Å². The first-order valence-corrected chi connectivity index (χ1v) is 9.59. The lowest BCUT2D eigenvalue weighted by molar-refractivity contribution is 0.459. The molecule has 0 aliphatic carbocycles. The van der Waals surface area contributed by atoms with E-state index in [1.165, 1.54) is 11.6 Å². The number of rotatable bonds is 7. The highest BCUT2D eigenvalue weighted by Gasteiger charge is 2.21. The molecule has 0 amide bonds. The molecule has 140 valence electrons. The van der Waals surface area contributed by atoms with Gasteiger partial charge in [0.25, 0.3) is 0 Å². The summed E-state index contributed by atoms with van der Waals surface area (Å²) in [4.78, 5) is 0. The maximum Gasteiger partial charge on any atom is 0.141 e. The monoisotopic (exact) mass is 382 g/mol. The molecule has 27 heavy (non-hydrogen) atoms. The van der Waals surface area contributed by atoms with Crippen molar-refractivity contribution in [2.45, 2.75) is 38.5 Å². The summed E-state index contributed by atoms with van der Waals surface area (Å²) < 4.78 is 19.3. The molecule has 0 atom stereocenters. The van der Waals surface area contributed by atoms with Gasteiger partial charge in [-0.1, -0.05) is 61.8 Å². The molecule has 0 aliphatic rings. The predicted octanol–water partition coefficient (Wildman–Crippen LogP) is 7.57. The lowest BCUT2D eigenvalue weighted by Gasteiger charge is -2.25. The molecule has 0 fully saturated rings. The summed E-state index contributed by atoms with van der Waals surface area (Å²) in [6.45, 7) is 4.34. The summed E-state index contributed by atoms with van der Waals surface area (Å²) in [6.07, 6.45) is 2.97. The van der Waals surface area contributed by atoms with Crippen LogP contribution in [0.1, 0.15) is 37.8 Å². The highest BCUT2D eigenvalue weighted by atomic mass is 35.5. The zero-order chi connectivity index (χ0) is 19.3. The molecule has 0 radical (unpaired) electrons. The van der Waals surface area contributed by atoms with E-state index in [4.69, 9.17) is 16.3 Å². The fourth-order valence-corrected chi connectivity index (χ4v) is 3.37. The Morgan fingerprint density at radius 3 is 2.37 bits per heavy atom. The maximum absolute atomic E-state index is 13.4. The smallest absolute Gasteiger partial charge is 0.141 e. The van der Waals surface area contributed by atoms with Gasteiger partial charge >= 0.3 is 0 Å². The number of benzene rings is 3. The number of ether oxygens (including phenoxy) is 1. The number of para-hydroxylation sites is 1. The van der Waals surface area contributed by atoms with Gasteiger partial charge in [0.05, 0.1) is 5.02 Å². The Kier molecular flexibility index (Phi) is 6.18. The zero-order valence-corrected chi connectivity index (χ0v) is 16.5. The van der Waals surface area contributed by atoms with Gasteiger partial charge in [-0.2, -0.15) is 0 Å². The van der Waals surface area contributed by atoms with E-state index in [9.17, 15) is 4.39 Å². The van der Waals surface area contributed by atoms with E-state index in [-0.39, 0.29) is 16.3 Å². The standard InChI is InChI=1S/C24H24ClFO/c1-24(2,19-13-14-23(26)22(25)17-19)15-7-9-18-8-6-12-21(16-18)27-20-10-4-3-5-11-20/h3-6,8,10-14,16-17H,7,9,15H2,1-2H3. The maximum atomic E-state index is 13.4. The molecule has 0 spiro atoms. The van der Waals surface area contributed by atoms with Crippen molar-refractivity contribution in [3.63, 3.8) is 0 Å². The van der Waals surface area contributed by atoms with Crippen LogP contribution in [0, 0.1) is 5.82 Å². The highest BCUT2D eigenvalue weighted by molar-refractivity contribution is 6.30. The molecule has 0 aliphatic heterocycles. The van der Waals surface area contributed by atoms with Gasteiger partial charge < -0.3 is 4.74 Å². The fraction of sp³-hybridized carbons (Fsp3) is 0.250. The molecule has 0 saturated heterocycles. The van der Waals surface area contributed by atoms with Gasteiger partial charge in [-0.05, 0) is 72.2 Å². The molecule has 3 heteroatoms. The Balaban J connectivity index is 1.59. The lowest BCUT2D eigenvalue weighted by Crippen LogP contribution is -2.17. The highest BCUT2D eigenvalue weighted by Crippen LogP contribution is 2.32. The molecule has 0 aromatic heterocycles. The third kappa shape index (κ3) is 5.33. The lowest BCUT2D eigenvalue weighted by atomic mass is 9.80.